The van der Waals surface area contributed by atoms with Gasteiger partial charge in [-0.2, -0.15) is 0 Å². The summed E-state index contributed by atoms with van der Waals surface area (Å²) in [7, 11) is 0. The standard InChI is InChI=1S/C12H21N5O/c1-12(2,3)11-14-9(16-13)8-10(15-11)17-4-6-18-7-5-17/h8H,4-7,13H2,1-3H3,(H,14,15,16). The Bertz CT molecular complexity index is 409. The van der Waals surface area contributed by atoms with Gasteiger partial charge in [0.25, 0.3) is 0 Å². The zero-order chi connectivity index (χ0) is 13.2. The predicted molar refractivity (Wildman–Crippen MR) is 71.6 cm³/mol. The molecule has 100 valence electrons. The van der Waals surface area contributed by atoms with E-state index in [9.17, 15) is 0 Å². The summed E-state index contributed by atoms with van der Waals surface area (Å²) in [6, 6.07) is 1.88. The molecule has 0 aliphatic carbocycles. The lowest BCUT2D eigenvalue weighted by Gasteiger charge is -2.29. The fraction of sp³-hybridized carbons (Fsp3) is 0.667. The first-order valence-corrected chi connectivity index (χ1v) is 6.19. The lowest BCUT2D eigenvalue weighted by atomic mass is 9.96. The molecule has 2 rings (SSSR count). The van der Waals surface area contributed by atoms with E-state index in [-0.39, 0.29) is 5.41 Å². The molecule has 3 N–H and O–H groups in total. The lowest BCUT2D eigenvalue weighted by molar-refractivity contribution is 0.122. The first-order chi connectivity index (χ1) is 8.50. The Balaban J connectivity index is 2.34. The Morgan fingerprint density at radius 2 is 1.94 bits per heavy atom. The summed E-state index contributed by atoms with van der Waals surface area (Å²) in [5, 5.41) is 0. The molecule has 1 aromatic rings. The van der Waals surface area contributed by atoms with E-state index in [2.05, 4.69) is 41.1 Å². The molecular formula is C12H21N5O. The van der Waals surface area contributed by atoms with E-state index >= 15 is 0 Å². The topological polar surface area (TPSA) is 76.3 Å². The van der Waals surface area contributed by atoms with Crippen molar-refractivity contribution in [1.29, 1.82) is 0 Å². The second-order valence-electron chi connectivity index (χ2n) is 5.43. The highest BCUT2D eigenvalue weighted by molar-refractivity contribution is 5.49. The van der Waals surface area contributed by atoms with Crippen molar-refractivity contribution in [3.8, 4) is 0 Å². The zero-order valence-corrected chi connectivity index (χ0v) is 11.2. The SMILES string of the molecule is CC(C)(C)c1nc(NN)cc(N2CCOCC2)n1. The number of ether oxygens (including phenoxy) is 1. The van der Waals surface area contributed by atoms with Gasteiger partial charge in [-0.25, -0.2) is 15.8 Å². The zero-order valence-electron chi connectivity index (χ0n) is 11.2. The van der Waals surface area contributed by atoms with Crippen LogP contribution in [0.3, 0.4) is 0 Å². The molecule has 0 radical (unpaired) electrons. The molecule has 18 heavy (non-hydrogen) atoms. The first-order valence-electron chi connectivity index (χ1n) is 6.19. The molecule has 0 spiro atoms. The van der Waals surface area contributed by atoms with Crippen molar-refractivity contribution in [2.75, 3.05) is 36.6 Å². The fourth-order valence-electron chi connectivity index (χ4n) is 1.80. The number of nitrogen functional groups attached to an aromatic ring is 1. The number of hydrogen-bond acceptors (Lipinski definition) is 6. The van der Waals surface area contributed by atoms with Crippen LogP contribution < -0.4 is 16.2 Å². The highest BCUT2D eigenvalue weighted by atomic mass is 16.5. The number of morpholine rings is 1. The summed E-state index contributed by atoms with van der Waals surface area (Å²) >= 11 is 0. The molecule has 0 atom stereocenters. The minimum Gasteiger partial charge on any atom is -0.378 e. The van der Waals surface area contributed by atoms with Gasteiger partial charge in [0.05, 0.1) is 13.2 Å². The van der Waals surface area contributed by atoms with Crippen molar-refractivity contribution < 1.29 is 4.74 Å². The number of anilines is 2. The van der Waals surface area contributed by atoms with E-state index < -0.39 is 0 Å². The van der Waals surface area contributed by atoms with Gasteiger partial charge in [0.2, 0.25) is 0 Å². The van der Waals surface area contributed by atoms with Crippen LogP contribution in [0.15, 0.2) is 6.07 Å². The van der Waals surface area contributed by atoms with Crippen LogP contribution in [0.25, 0.3) is 0 Å². The largest absolute Gasteiger partial charge is 0.378 e. The smallest absolute Gasteiger partial charge is 0.145 e. The van der Waals surface area contributed by atoms with Gasteiger partial charge >= 0.3 is 0 Å². The minimum atomic E-state index is -0.103. The van der Waals surface area contributed by atoms with Crippen LogP contribution in [-0.2, 0) is 10.2 Å². The van der Waals surface area contributed by atoms with Gasteiger partial charge in [-0.1, -0.05) is 20.8 Å². The number of rotatable bonds is 2. The normalized spacial score (nSPS) is 16.8. The molecule has 1 aliphatic rings. The summed E-state index contributed by atoms with van der Waals surface area (Å²) in [6.45, 7) is 9.44. The summed E-state index contributed by atoms with van der Waals surface area (Å²) < 4.78 is 5.35. The number of nitrogens with zero attached hydrogens (tertiary/aromatic N) is 3. The number of hydrogen-bond donors (Lipinski definition) is 2. The fourth-order valence-corrected chi connectivity index (χ4v) is 1.80. The third kappa shape index (κ3) is 2.88. The minimum absolute atomic E-state index is 0.103. The van der Waals surface area contributed by atoms with Gasteiger partial charge in [0.1, 0.15) is 17.5 Å². The molecule has 0 unspecified atom stereocenters. The van der Waals surface area contributed by atoms with Crippen LogP contribution in [-0.4, -0.2) is 36.3 Å². The van der Waals surface area contributed by atoms with Crippen LogP contribution >= 0.6 is 0 Å². The van der Waals surface area contributed by atoms with Crippen LogP contribution in [0.4, 0.5) is 11.6 Å². The molecule has 0 aromatic carbocycles. The van der Waals surface area contributed by atoms with E-state index in [1.165, 1.54) is 0 Å². The van der Waals surface area contributed by atoms with Gasteiger partial charge in [0.15, 0.2) is 0 Å². The van der Waals surface area contributed by atoms with E-state index in [1.807, 2.05) is 6.07 Å². The van der Waals surface area contributed by atoms with Gasteiger partial charge in [-0.3, -0.25) is 0 Å². The monoisotopic (exact) mass is 251 g/mol. The van der Waals surface area contributed by atoms with Crippen LogP contribution in [0, 0.1) is 0 Å². The van der Waals surface area contributed by atoms with Crippen molar-refractivity contribution >= 4 is 11.6 Å². The first kappa shape index (κ1) is 13.0. The predicted octanol–water partition coefficient (Wildman–Crippen LogP) is 0.896. The maximum atomic E-state index is 5.48. The third-order valence-corrected chi connectivity index (χ3v) is 2.87. The Hall–Kier alpha value is -1.40. The molecule has 6 nitrogen and oxygen atoms in total. The van der Waals surface area contributed by atoms with Gasteiger partial charge in [-0.15, -0.1) is 0 Å². The highest BCUT2D eigenvalue weighted by Gasteiger charge is 2.21. The van der Waals surface area contributed by atoms with Crippen LogP contribution in [0.5, 0.6) is 0 Å². The number of aromatic nitrogens is 2. The maximum Gasteiger partial charge on any atom is 0.145 e. The Kier molecular flexibility index (Phi) is 3.68. The quantitative estimate of drug-likeness (QED) is 0.600. The average molecular weight is 251 g/mol. The molecule has 6 heteroatoms. The molecule has 1 fully saturated rings. The Morgan fingerprint density at radius 1 is 1.28 bits per heavy atom. The van der Waals surface area contributed by atoms with E-state index in [0.29, 0.717) is 5.82 Å². The second kappa shape index (κ2) is 5.07. The van der Waals surface area contributed by atoms with Crippen molar-refractivity contribution in [3.63, 3.8) is 0 Å². The number of nitrogens with two attached hydrogens (primary N) is 1. The van der Waals surface area contributed by atoms with E-state index in [4.69, 9.17) is 10.6 Å². The molecule has 0 amide bonds. The summed E-state index contributed by atoms with van der Waals surface area (Å²) in [5.74, 6) is 7.83. The maximum absolute atomic E-state index is 5.48. The number of hydrazine groups is 1. The van der Waals surface area contributed by atoms with Gasteiger partial charge in [0, 0.05) is 24.6 Å². The van der Waals surface area contributed by atoms with Crippen molar-refractivity contribution in [2.24, 2.45) is 5.84 Å². The molecule has 2 heterocycles. The van der Waals surface area contributed by atoms with Crippen molar-refractivity contribution in [3.05, 3.63) is 11.9 Å². The molecular weight excluding hydrogens is 230 g/mol. The summed E-state index contributed by atoms with van der Waals surface area (Å²) in [4.78, 5) is 11.2. The van der Waals surface area contributed by atoms with Gasteiger partial charge < -0.3 is 15.1 Å². The van der Waals surface area contributed by atoms with Gasteiger partial charge in [-0.05, 0) is 0 Å². The summed E-state index contributed by atoms with van der Waals surface area (Å²) in [5.41, 5.74) is 2.51. The van der Waals surface area contributed by atoms with Crippen molar-refractivity contribution in [2.45, 2.75) is 26.2 Å². The molecule has 1 aliphatic heterocycles. The summed E-state index contributed by atoms with van der Waals surface area (Å²) in [6.07, 6.45) is 0. The Labute approximate surface area is 108 Å². The second-order valence-corrected chi connectivity index (χ2v) is 5.43. The molecule has 0 saturated carbocycles. The lowest BCUT2D eigenvalue weighted by Crippen LogP contribution is -2.37. The molecule has 1 aromatic heterocycles. The van der Waals surface area contributed by atoms with E-state index in [1.54, 1.807) is 0 Å². The third-order valence-electron chi connectivity index (χ3n) is 2.87. The van der Waals surface area contributed by atoms with Crippen LogP contribution in [0.2, 0.25) is 0 Å². The Morgan fingerprint density at radius 3 is 2.50 bits per heavy atom. The molecule has 0 bridgehead atoms. The number of nitrogens with one attached hydrogen (secondary N) is 1. The van der Waals surface area contributed by atoms with E-state index in [0.717, 1.165) is 37.9 Å². The van der Waals surface area contributed by atoms with Crippen LogP contribution in [0.1, 0.15) is 26.6 Å². The molecule has 1 saturated heterocycles. The average Bonchev–Trinajstić information content (AvgIpc) is 2.38. The highest BCUT2D eigenvalue weighted by Crippen LogP contribution is 2.24. The van der Waals surface area contributed by atoms with Crippen molar-refractivity contribution in [1.82, 2.24) is 9.97 Å².